The minimum atomic E-state index is -0.669. The van der Waals surface area contributed by atoms with Gasteiger partial charge in [-0.2, -0.15) is 0 Å². The number of aliphatic carboxylic acids is 1. The number of hydrogen-bond acceptors (Lipinski definition) is 3. The largest absolute Gasteiger partial charge is 0.480 e. The molecule has 2 heterocycles. The van der Waals surface area contributed by atoms with Gasteiger partial charge in [0, 0.05) is 22.9 Å². The topological polar surface area (TPSA) is 43.8 Å². The van der Waals surface area contributed by atoms with E-state index in [0.29, 0.717) is 0 Å². The summed E-state index contributed by atoms with van der Waals surface area (Å²) in [7, 11) is 0. The average Bonchev–Trinajstić information content (AvgIpc) is 2.88. The summed E-state index contributed by atoms with van der Waals surface area (Å²) in [5.41, 5.74) is 5.22. The Morgan fingerprint density at radius 1 is 1.00 bits per heavy atom. The van der Waals surface area contributed by atoms with Crippen LogP contribution in [-0.4, -0.2) is 41.7 Å². The number of aryl methyl sites for hydroxylation is 2. The molecular weight excluding hydrogens is 384 g/mol. The first-order valence-corrected chi connectivity index (χ1v) is 11.1. The SMILES string of the molecule is O=C(O)C1CCCCN1CCCCN1c2ccccc2CCc2cc(Cl)ccc21. The zero-order chi connectivity index (χ0) is 20.2. The zero-order valence-corrected chi connectivity index (χ0v) is 17.6. The summed E-state index contributed by atoms with van der Waals surface area (Å²) >= 11 is 6.27. The van der Waals surface area contributed by atoms with Gasteiger partial charge in [-0.3, -0.25) is 9.69 Å². The Morgan fingerprint density at radius 2 is 1.76 bits per heavy atom. The predicted octanol–water partition coefficient (Wildman–Crippen LogP) is 5.30. The third-order valence-corrected chi connectivity index (χ3v) is 6.49. The molecule has 0 bridgehead atoms. The van der Waals surface area contributed by atoms with Gasteiger partial charge in [0.15, 0.2) is 0 Å². The van der Waals surface area contributed by atoms with Gasteiger partial charge in [-0.1, -0.05) is 36.2 Å². The van der Waals surface area contributed by atoms with Crippen LogP contribution < -0.4 is 4.90 Å². The molecule has 1 unspecified atom stereocenters. The first-order chi connectivity index (χ1) is 14.1. The molecule has 1 atom stereocenters. The molecule has 2 aromatic rings. The van der Waals surface area contributed by atoms with Crippen LogP contribution in [0.25, 0.3) is 0 Å². The van der Waals surface area contributed by atoms with Crippen LogP contribution in [0.2, 0.25) is 5.02 Å². The number of rotatable bonds is 6. The lowest BCUT2D eigenvalue weighted by atomic mass is 10.0. The maximum absolute atomic E-state index is 11.5. The molecule has 1 fully saturated rings. The average molecular weight is 413 g/mol. The van der Waals surface area contributed by atoms with E-state index >= 15 is 0 Å². The van der Waals surface area contributed by atoms with E-state index in [-0.39, 0.29) is 6.04 Å². The highest BCUT2D eigenvalue weighted by atomic mass is 35.5. The first-order valence-electron chi connectivity index (χ1n) is 10.7. The molecule has 0 aliphatic carbocycles. The highest BCUT2D eigenvalue weighted by Crippen LogP contribution is 2.37. The van der Waals surface area contributed by atoms with Crippen molar-refractivity contribution in [3.05, 3.63) is 58.6 Å². The van der Waals surface area contributed by atoms with Crippen LogP contribution in [0.5, 0.6) is 0 Å². The van der Waals surface area contributed by atoms with Crippen molar-refractivity contribution in [3.63, 3.8) is 0 Å². The van der Waals surface area contributed by atoms with Crippen molar-refractivity contribution in [1.29, 1.82) is 0 Å². The highest BCUT2D eigenvalue weighted by Gasteiger charge is 2.28. The molecule has 0 aromatic heterocycles. The highest BCUT2D eigenvalue weighted by molar-refractivity contribution is 6.30. The van der Waals surface area contributed by atoms with Crippen LogP contribution in [0.15, 0.2) is 42.5 Å². The van der Waals surface area contributed by atoms with Crippen molar-refractivity contribution in [2.24, 2.45) is 0 Å². The number of piperidine rings is 1. The maximum atomic E-state index is 11.5. The Bertz CT molecular complexity index is 870. The monoisotopic (exact) mass is 412 g/mol. The molecule has 0 saturated carbocycles. The molecule has 0 radical (unpaired) electrons. The van der Waals surface area contributed by atoms with Crippen LogP contribution in [0.1, 0.15) is 43.2 Å². The fourth-order valence-corrected chi connectivity index (χ4v) is 4.96. The van der Waals surface area contributed by atoms with Crippen LogP contribution in [0.3, 0.4) is 0 Å². The van der Waals surface area contributed by atoms with Gasteiger partial charge < -0.3 is 10.0 Å². The fourth-order valence-electron chi connectivity index (χ4n) is 4.77. The van der Waals surface area contributed by atoms with Crippen LogP contribution in [-0.2, 0) is 17.6 Å². The Balaban J connectivity index is 1.46. The molecule has 2 aliphatic heterocycles. The summed E-state index contributed by atoms with van der Waals surface area (Å²) in [6, 6.07) is 14.6. The summed E-state index contributed by atoms with van der Waals surface area (Å²) in [6.07, 6.45) is 6.97. The second kappa shape index (κ2) is 9.19. The molecule has 29 heavy (non-hydrogen) atoms. The van der Waals surface area contributed by atoms with Gasteiger partial charge in [0.1, 0.15) is 6.04 Å². The van der Waals surface area contributed by atoms with Crippen molar-refractivity contribution >= 4 is 28.9 Å². The van der Waals surface area contributed by atoms with Gasteiger partial charge in [-0.25, -0.2) is 0 Å². The maximum Gasteiger partial charge on any atom is 0.320 e. The number of fused-ring (bicyclic) bond motifs is 2. The van der Waals surface area contributed by atoms with Gasteiger partial charge >= 0.3 is 5.97 Å². The summed E-state index contributed by atoms with van der Waals surface area (Å²) < 4.78 is 0. The van der Waals surface area contributed by atoms with E-state index in [4.69, 9.17) is 11.6 Å². The Kier molecular flexibility index (Phi) is 6.41. The second-order valence-corrected chi connectivity index (χ2v) is 8.58. The van der Waals surface area contributed by atoms with E-state index in [1.807, 2.05) is 6.07 Å². The van der Waals surface area contributed by atoms with Crippen molar-refractivity contribution in [1.82, 2.24) is 4.90 Å². The first kappa shape index (κ1) is 20.2. The molecule has 2 aromatic carbocycles. The third-order valence-electron chi connectivity index (χ3n) is 6.25. The lowest BCUT2D eigenvalue weighted by Gasteiger charge is -2.33. The number of carboxylic acid groups (broad SMARTS) is 1. The Hall–Kier alpha value is -2.04. The van der Waals surface area contributed by atoms with Gasteiger partial charge in [-0.15, -0.1) is 0 Å². The second-order valence-electron chi connectivity index (χ2n) is 8.15. The van der Waals surface area contributed by atoms with Gasteiger partial charge in [0.05, 0.1) is 0 Å². The van der Waals surface area contributed by atoms with Crippen LogP contribution >= 0.6 is 11.6 Å². The molecule has 0 spiro atoms. The zero-order valence-electron chi connectivity index (χ0n) is 16.8. The number of unbranched alkanes of at least 4 members (excludes halogenated alkanes) is 1. The molecule has 1 N–H and O–H groups in total. The van der Waals surface area contributed by atoms with E-state index in [0.717, 1.165) is 69.6 Å². The number of nitrogens with zero attached hydrogens (tertiary/aromatic N) is 2. The minimum absolute atomic E-state index is 0.300. The summed E-state index contributed by atoms with van der Waals surface area (Å²) in [6.45, 7) is 2.70. The number of carbonyl (C=O) groups is 1. The number of para-hydroxylation sites is 1. The van der Waals surface area contributed by atoms with Gasteiger partial charge in [-0.05, 0) is 87.0 Å². The number of halogens is 1. The third kappa shape index (κ3) is 4.59. The molecule has 4 rings (SSSR count). The van der Waals surface area contributed by atoms with Crippen LogP contribution in [0.4, 0.5) is 11.4 Å². The standard InChI is InChI=1S/C24H29ClN2O2/c25-20-12-13-22-19(17-20)11-10-18-7-1-2-8-21(18)27(22)16-6-5-15-26-14-4-3-9-23(26)24(28)29/h1-2,7-8,12-13,17,23H,3-6,9-11,14-16H2,(H,28,29). The fraction of sp³-hybridized carbons (Fsp3) is 0.458. The molecule has 5 heteroatoms. The number of anilines is 2. The van der Waals surface area contributed by atoms with E-state index in [1.54, 1.807) is 0 Å². The molecular formula is C24H29ClN2O2. The molecule has 4 nitrogen and oxygen atoms in total. The summed E-state index contributed by atoms with van der Waals surface area (Å²) in [5, 5.41) is 10.3. The summed E-state index contributed by atoms with van der Waals surface area (Å²) in [5.74, 6) is -0.669. The molecule has 1 saturated heterocycles. The van der Waals surface area contributed by atoms with E-state index in [9.17, 15) is 9.90 Å². The predicted molar refractivity (Wildman–Crippen MR) is 118 cm³/mol. The molecule has 154 valence electrons. The van der Waals surface area contributed by atoms with Crippen LogP contribution in [0, 0.1) is 0 Å². The number of hydrogen-bond donors (Lipinski definition) is 1. The van der Waals surface area contributed by atoms with Crippen molar-refractivity contribution in [3.8, 4) is 0 Å². The lowest BCUT2D eigenvalue weighted by Crippen LogP contribution is -2.45. The minimum Gasteiger partial charge on any atom is -0.480 e. The van der Waals surface area contributed by atoms with Crippen molar-refractivity contribution in [2.45, 2.75) is 51.0 Å². The lowest BCUT2D eigenvalue weighted by molar-refractivity contribution is -0.144. The van der Waals surface area contributed by atoms with Gasteiger partial charge in [0.2, 0.25) is 0 Å². The van der Waals surface area contributed by atoms with Crippen molar-refractivity contribution in [2.75, 3.05) is 24.5 Å². The van der Waals surface area contributed by atoms with E-state index in [2.05, 4.69) is 46.2 Å². The smallest absolute Gasteiger partial charge is 0.320 e. The number of likely N-dealkylation sites (tertiary alicyclic amines) is 1. The Morgan fingerprint density at radius 3 is 2.62 bits per heavy atom. The van der Waals surface area contributed by atoms with Crippen molar-refractivity contribution < 1.29 is 9.90 Å². The molecule has 2 aliphatic rings. The summed E-state index contributed by atoms with van der Waals surface area (Å²) in [4.78, 5) is 16.1. The quantitative estimate of drug-likeness (QED) is 0.654. The van der Waals surface area contributed by atoms with E-state index < -0.39 is 5.97 Å². The van der Waals surface area contributed by atoms with Gasteiger partial charge in [0.25, 0.3) is 0 Å². The van der Waals surface area contributed by atoms with E-state index in [1.165, 1.54) is 22.5 Å². The molecule has 0 amide bonds. The normalized spacial score (nSPS) is 19.3. The number of carboxylic acids is 1. The number of benzene rings is 2. The Labute approximate surface area is 178 Å².